The lowest BCUT2D eigenvalue weighted by Crippen LogP contribution is -2.33. The highest BCUT2D eigenvalue weighted by Crippen LogP contribution is 2.19. The number of para-hydroxylation sites is 2. The predicted molar refractivity (Wildman–Crippen MR) is 112 cm³/mol. The summed E-state index contributed by atoms with van der Waals surface area (Å²) in [5.74, 6) is -0.390. The standard InChI is InChI=1S/C23H23N3O2/c1-3-25(19-11-7-5-8-12-19)22(27)18-15-16-24-21(17-18)23(28)26(4-2)20-13-9-6-10-14-20/h5-17H,3-4H2,1-2H3. The highest BCUT2D eigenvalue weighted by atomic mass is 16.2. The Labute approximate surface area is 165 Å². The first-order valence-corrected chi connectivity index (χ1v) is 9.35. The van der Waals surface area contributed by atoms with E-state index in [4.69, 9.17) is 0 Å². The van der Waals surface area contributed by atoms with E-state index in [0.29, 0.717) is 18.7 Å². The fraction of sp³-hybridized carbons (Fsp3) is 0.174. The maximum absolute atomic E-state index is 13.0. The highest BCUT2D eigenvalue weighted by molar-refractivity contribution is 6.09. The molecule has 3 rings (SSSR count). The minimum atomic E-state index is -0.230. The minimum absolute atomic E-state index is 0.159. The lowest BCUT2D eigenvalue weighted by Gasteiger charge is -2.22. The summed E-state index contributed by atoms with van der Waals surface area (Å²) in [6.45, 7) is 4.87. The molecule has 28 heavy (non-hydrogen) atoms. The van der Waals surface area contributed by atoms with Gasteiger partial charge in [0.05, 0.1) is 0 Å². The molecule has 5 heteroatoms. The molecular formula is C23H23N3O2. The van der Waals surface area contributed by atoms with Gasteiger partial charge in [-0.1, -0.05) is 36.4 Å². The van der Waals surface area contributed by atoms with Crippen molar-refractivity contribution in [2.24, 2.45) is 0 Å². The van der Waals surface area contributed by atoms with E-state index in [1.807, 2.05) is 74.5 Å². The summed E-state index contributed by atoms with van der Waals surface area (Å²) in [4.78, 5) is 33.6. The molecule has 0 aliphatic heterocycles. The van der Waals surface area contributed by atoms with E-state index in [9.17, 15) is 9.59 Å². The Morgan fingerprint density at radius 2 is 1.25 bits per heavy atom. The van der Waals surface area contributed by atoms with E-state index < -0.39 is 0 Å². The van der Waals surface area contributed by atoms with Crippen LogP contribution in [0.1, 0.15) is 34.7 Å². The van der Waals surface area contributed by atoms with Crippen LogP contribution in [-0.4, -0.2) is 29.9 Å². The third-order valence-electron chi connectivity index (χ3n) is 4.48. The zero-order valence-corrected chi connectivity index (χ0v) is 16.1. The molecule has 0 unspecified atom stereocenters. The molecule has 142 valence electrons. The molecule has 0 spiro atoms. The maximum atomic E-state index is 13.0. The van der Waals surface area contributed by atoms with Crippen molar-refractivity contribution < 1.29 is 9.59 Å². The monoisotopic (exact) mass is 373 g/mol. The van der Waals surface area contributed by atoms with Gasteiger partial charge in [0.15, 0.2) is 0 Å². The first-order valence-electron chi connectivity index (χ1n) is 9.35. The van der Waals surface area contributed by atoms with Crippen LogP contribution in [0.25, 0.3) is 0 Å². The van der Waals surface area contributed by atoms with E-state index in [-0.39, 0.29) is 17.5 Å². The Hall–Kier alpha value is -3.47. The number of aromatic nitrogens is 1. The van der Waals surface area contributed by atoms with Crippen molar-refractivity contribution in [2.75, 3.05) is 22.9 Å². The number of benzene rings is 2. The molecule has 0 atom stereocenters. The van der Waals surface area contributed by atoms with Crippen molar-refractivity contribution in [3.8, 4) is 0 Å². The van der Waals surface area contributed by atoms with Gasteiger partial charge < -0.3 is 9.80 Å². The van der Waals surface area contributed by atoms with E-state index >= 15 is 0 Å². The minimum Gasteiger partial charge on any atom is -0.309 e. The summed E-state index contributed by atoms with van der Waals surface area (Å²) in [5, 5.41) is 0. The predicted octanol–water partition coefficient (Wildman–Crippen LogP) is 4.42. The number of amides is 2. The van der Waals surface area contributed by atoms with Crippen molar-refractivity contribution >= 4 is 23.2 Å². The van der Waals surface area contributed by atoms with E-state index in [0.717, 1.165) is 11.4 Å². The van der Waals surface area contributed by atoms with Crippen LogP contribution in [0.3, 0.4) is 0 Å². The second-order valence-corrected chi connectivity index (χ2v) is 6.20. The molecule has 1 aromatic heterocycles. The van der Waals surface area contributed by atoms with Gasteiger partial charge in [-0.25, -0.2) is 0 Å². The number of carbonyl (C=O) groups excluding carboxylic acids is 2. The molecule has 2 aromatic carbocycles. The Kier molecular flexibility index (Phi) is 6.17. The van der Waals surface area contributed by atoms with Gasteiger partial charge in [-0.15, -0.1) is 0 Å². The van der Waals surface area contributed by atoms with Crippen LogP contribution in [0.5, 0.6) is 0 Å². The molecule has 0 saturated carbocycles. The Morgan fingerprint density at radius 1 is 0.750 bits per heavy atom. The fourth-order valence-corrected chi connectivity index (χ4v) is 3.08. The first-order chi connectivity index (χ1) is 13.7. The summed E-state index contributed by atoms with van der Waals surface area (Å²) in [6.07, 6.45) is 1.51. The van der Waals surface area contributed by atoms with Crippen LogP contribution in [0, 0.1) is 0 Å². The molecule has 0 saturated heterocycles. The zero-order chi connectivity index (χ0) is 19.9. The topological polar surface area (TPSA) is 53.5 Å². The number of anilines is 2. The first kappa shape index (κ1) is 19.3. The number of carbonyl (C=O) groups is 2. The van der Waals surface area contributed by atoms with Crippen molar-refractivity contribution in [3.63, 3.8) is 0 Å². The smallest absolute Gasteiger partial charge is 0.276 e. The van der Waals surface area contributed by atoms with Gasteiger partial charge >= 0.3 is 0 Å². The Morgan fingerprint density at radius 3 is 1.75 bits per heavy atom. The molecule has 0 fully saturated rings. The van der Waals surface area contributed by atoms with Gasteiger partial charge in [-0.2, -0.15) is 0 Å². The number of nitrogens with zero attached hydrogens (tertiary/aromatic N) is 3. The molecule has 0 N–H and O–H groups in total. The van der Waals surface area contributed by atoms with E-state index in [2.05, 4.69) is 4.98 Å². The normalized spacial score (nSPS) is 10.4. The Bertz CT molecular complexity index is 868. The molecule has 1 heterocycles. The molecule has 0 radical (unpaired) electrons. The summed E-state index contributed by atoms with van der Waals surface area (Å²) >= 11 is 0. The van der Waals surface area contributed by atoms with Crippen LogP contribution in [0.4, 0.5) is 11.4 Å². The number of pyridine rings is 1. The largest absolute Gasteiger partial charge is 0.309 e. The van der Waals surface area contributed by atoms with Gasteiger partial charge in [-0.05, 0) is 50.2 Å². The van der Waals surface area contributed by atoms with Crippen LogP contribution in [-0.2, 0) is 0 Å². The lowest BCUT2D eigenvalue weighted by atomic mass is 10.1. The zero-order valence-electron chi connectivity index (χ0n) is 16.1. The molecule has 3 aromatic rings. The number of hydrogen-bond donors (Lipinski definition) is 0. The lowest BCUT2D eigenvalue weighted by molar-refractivity contribution is 0.0983. The van der Waals surface area contributed by atoms with Crippen LogP contribution < -0.4 is 9.80 Å². The van der Waals surface area contributed by atoms with Gasteiger partial charge in [0.25, 0.3) is 11.8 Å². The molecule has 0 aliphatic carbocycles. The van der Waals surface area contributed by atoms with Crippen LogP contribution in [0.2, 0.25) is 0 Å². The number of rotatable bonds is 6. The second kappa shape index (κ2) is 8.95. The van der Waals surface area contributed by atoms with Gasteiger partial charge in [0.2, 0.25) is 0 Å². The summed E-state index contributed by atoms with van der Waals surface area (Å²) in [6, 6.07) is 22.1. The quantitative estimate of drug-likeness (QED) is 0.643. The molecule has 2 amide bonds. The molecule has 0 aliphatic rings. The third kappa shape index (κ3) is 4.09. The van der Waals surface area contributed by atoms with Gasteiger partial charge in [0, 0.05) is 36.2 Å². The fourth-order valence-electron chi connectivity index (χ4n) is 3.08. The van der Waals surface area contributed by atoms with Gasteiger partial charge in [0.1, 0.15) is 5.69 Å². The molecular weight excluding hydrogens is 350 g/mol. The van der Waals surface area contributed by atoms with Gasteiger partial charge in [-0.3, -0.25) is 14.6 Å². The van der Waals surface area contributed by atoms with E-state index in [1.165, 1.54) is 6.20 Å². The highest BCUT2D eigenvalue weighted by Gasteiger charge is 2.21. The Balaban J connectivity index is 1.89. The van der Waals surface area contributed by atoms with Crippen molar-refractivity contribution in [1.82, 2.24) is 4.98 Å². The maximum Gasteiger partial charge on any atom is 0.276 e. The SMILES string of the molecule is CCN(C(=O)c1ccnc(C(=O)N(CC)c2ccccc2)c1)c1ccccc1. The average molecular weight is 373 g/mol. The van der Waals surface area contributed by atoms with E-state index in [1.54, 1.807) is 21.9 Å². The molecule has 0 bridgehead atoms. The summed E-state index contributed by atoms with van der Waals surface area (Å²) in [5.41, 5.74) is 2.31. The van der Waals surface area contributed by atoms with Crippen molar-refractivity contribution in [3.05, 3.63) is 90.3 Å². The summed E-state index contributed by atoms with van der Waals surface area (Å²) < 4.78 is 0. The average Bonchev–Trinajstić information content (AvgIpc) is 2.76. The number of hydrogen-bond acceptors (Lipinski definition) is 3. The van der Waals surface area contributed by atoms with Crippen LogP contribution >= 0.6 is 0 Å². The third-order valence-corrected chi connectivity index (χ3v) is 4.48. The van der Waals surface area contributed by atoms with Crippen LogP contribution in [0.15, 0.2) is 79.0 Å². The van der Waals surface area contributed by atoms with Crippen molar-refractivity contribution in [1.29, 1.82) is 0 Å². The van der Waals surface area contributed by atoms with Crippen molar-refractivity contribution in [2.45, 2.75) is 13.8 Å². The summed E-state index contributed by atoms with van der Waals surface area (Å²) in [7, 11) is 0. The second-order valence-electron chi connectivity index (χ2n) is 6.20. The molecule has 5 nitrogen and oxygen atoms in total.